The molecular formula is C16H23NO8S. The Kier molecular flexibility index (Phi) is 8.15. The van der Waals surface area contributed by atoms with Gasteiger partial charge in [0, 0.05) is 12.8 Å². The fourth-order valence-corrected chi connectivity index (χ4v) is 3.08. The zero-order chi connectivity index (χ0) is 19.9. The van der Waals surface area contributed by atoms with Gasteiger partial charge in [0.1, 0.15) is 0 Å². The number of nitrogens with one attached hydrogen (secondary N) is 1. The minimum absolute atomic E-state index is 0.426. The lowest BCUT2D eigenvalue weighted by Crippen LogP contribution is -2.39. The second-order valence-corrected chi connectivity index (χ2v) is 7.97. The van der Waals surface area contributed by atoms with Gasteiger partial charge < -0.3 is 25.7 Å². The summed E-state index contributed by atoms with van der Waals surface area (Å²) in [5, 5.41) is 35.9. The molecule has 0 unspecified atom stereocenters. The fourth-order valence-electron chi connectivity index (χ4n) is 2.41. The van der Waals surface area contributed by atoms with Crippen LogP contribution in [-0.2, 0) is 19.4 Å². The molecule has 5 N–H and O–H groups in total. The molecule has 2 rings (SSSR count). The van der Waals surface area contributed by atoms with Crippen molar-refractivity contribution in [2.24, 2.45) is 0 Å². The predicted octanol–water partition coefficient (Wildman–Crippen LogP) is -0.565. The van der Waals surface area contributed by atoms with Gasteiger partial charge >= 0.3 is 11.9 Å². The van der Waals surface area contributed by atoms with E-state index in [-0.39, 0.29) is 0 Å². The first-order chi connectivity index (χ1) is 12.0. The van der Waals surface area contributed by atoms with Crippen LogP contribution in [0, 0.1) is 0 Å². The van der Waals surface area contributed by atoms with Crippen LogP contribution in [0.1, 0.15) is 24.3 Å². The number of carboxylic acid groups (broad SMARTS) is 2. The van der Waals surface area contributed by atoms with Crippen LogP contribution < -0.4 is 5.32 Å². The number of rotatable bonds is 5. The molecular weight excluding hydrogens is 366 g/mol. The highest BCUT2D eigenvalue weighted by atomic mass is 32.2. The Balaban J connectivity index is 0.000000294. The maximum atomic E-state index is 11.5. The minimum atomic E-state index is -3.08. The number of benzene rings is 1. The first kappa shape index (κ1) is 22.0. The maximum Gasteiger partial charge on any atom is 0.335 e. The van der Waals surface area contributed by atoms with Crippen molar-refractivity contribution < 1.29 is 38.4 Å². The first-order valence-corrected chi connectivity index (χ1v) is 9.75. The molecule has 9 nitrogen and oxygen atoms in total. The Hall–Kier alpha value is -2.01. The summed E-state index contributed by atoms with van der Waals surface area (Å²) in [5.74, 6) is -3.08. The Morgan fingerprint density at radius 3 is 2.15 bits per heavy atom. The van der Waals surface area contributed by atoms with Gasteiger partial charge in [-0.3, -0.25) is 0 Å². The average Bonchev–Trinajstić information content (AvgIpc) is 2.61. The van der Waals surface area contributed by atoms with E-state index in [0.717, 1.165) is 31.5 Å². The molecule has 146 valence electrons. The van der Waals surface area contributed by atoms with Gasteiger partial charge in [-0.1, -0.05) is 12.1 Å². The largest absolute Gasteiger partial charge is 0.479 e. The molecule has 1 fully saturated rings. The van der Waals surface area contributed by atoms with Crippen molar-refractivity contribution in [2.45, 2.75) is 35.9 Å². The van der Waals surface area contributed by atoms with E-state index in [1.807, 2.05) is 18.2 Å². The van der Waals surface area contributed by atoms with E-state index >= 15 is 0 Å². The minimum Gasteiger partial charge on any atom is -0.479 e. The summed E-state index contributed by atoms with van der Waals surface area (Å²) in [6.07, 6.45) is -0.978. The molecule has 26 heavy (non-hydrogen) atoms. The predicted molar refractivity (Wildman–Crippen MR) is 91.7 cm³/mol. The normalized spacial score (nSPS) is 19.6. The number of hydrogen-bond donors (Lipinski definition) is 5. The van der Waals surface area contributed by atoms with Gasteiger partial charge in [0.2, 0.25) is 0 Å². The van der Waals surface area contributed by atoms with Crippen molar-refractivity contribution in [3.05, 3.63) is 29.8 Å². The molecule has 0 radical (unpaired) electrons. The summed E-state index contributed by atoms with van der Waals surface area (Å²) in [4.78, 5) is 20.0. The van der Waals surface area contributed by atoms with E-state index in [1.165, 1.54) is 6.26 Å². The van der Waals surface area contributed by atoms with Gasteiger partial charge in [-0.25, -0.2) is 18.0 Å². The number of carboxylic acids is 2. The molecule has 1 aliphatic heterocycles. The topological polar surface area (TPSA) is 161 Å². The van der Waals surface area contributed by atoms with E-state index in [2.05, 4.69) is 5.32 Å². The van der Waals surface area contributed by atoms with Gasteiger partial charge in [-0.2, -0.15) is 0 Å². The Labute approximate surface area is 151 Å². The summed E-state index contributed by atoms with van der Waals surface area (Å²) in [6, 6.07) is 7.33. The average molecular weight is 389 g/mol. The van der Waals surface area contributed by atoms with Gasteiger partial charge in [-0.15, -0.1) is 0 Å². The number of hydrogen-bond acceptors (Lipinski definition) is 7. The number of sulfone groups is 1. The van der Waals surface area contributed by atoms with E-state index in [9.17, 15) is 18.0 Å². The summed E-state index contributed by atoms with van der Waals surface area (Å²) >= 11 is 0. The van der Waals surface area contributed by atoms with Crippen LogP contribution in [0.2, 0.25) is 0 Å². The lowest BCUT2D eigenvalue weighted by Gasteiger charge is -2.23. The quantitative estimate of drug-likeness (QED) is 0.444. The molecule has 1 saturated heterocycles. The third kappa shape index (κ3) is 6.71. The van der Waals surface area contributed by atoms with Crippen LogP contribution >= 0.6 is 0 Å². The zero-order valence-corrected chi connectivity index (χ0v) is 15.0. The first-order valence-electron chi connectivity index (χ1n) is 7.86. The summed E-state index contributed by atoms with van der Waals surface area (Å²) in [6.45, 7) is 2.02. The molecule has 10 heteroatoms. The lowest BCUT2D eigenvalue weighted by atomic mass is 9.92. The standard InChI is InChI=1S/C12H17NO2S.C4H6O6/c1-16(14,15)12-6-2-4-10(8-12)11-5-3-7-13-9-11;5-1(3(7)8)2(6)4(9)10/h2,4,6,8,11,13H,3,5,7,9H2,1H3;1-2,5-6H,(H,7,8)(H,9,10)/t11-;1-,2-/m11/s1. The van der Waals surface area contributed by atoms with Crippen molar-refractivity contribution in [3.63, 3.8) is 0 Å². The summed E-state index contributed by atoms with van der Waals surface area (Å²) in [5.41, 5.74) is 1.13. The van der Waals surface area contributed by atoms with Gasteiger partial charge in [0.05, 0.1) is 4.90 Å². The van der Waals surface area contributed by atoms with Crippen LogP contribution in [0.15, 0.2) is 29.2 Å². The number of piperidine rings is 1. The highest BCUT2D eigenvalue weighted by Gasteiger charge is 2.29. The van der Waals surface area contributed by atoms with Gasteiger partial charge in [-0.05, 0) is 43.0 Å². The second-order valence-electron chi connectivity index (χ2n) is 5.95. The molecule has 3 atom stereocenters. The van der Waals surface area contributed by atoms with E-state index in [4.69, 9.17) is 20.4 Å². The molecule has 1 aromatic rings. The highest BCUT2D eigenvalue weighted by Crippen LogP contribution is 2.25. The Bertz CT molecular complexity index is 710. The molecule has 0 saturated carbocycles. The van der Waals surface area contributed by atoms with E-state index in [1.54, 1.807) is 6.07 Å². The molecule has 0 bridgehead atoms. The fraction of sp³-hybridized carbons (Fsp3) is 0.500. The summed E-state index contributed by atoms with van der Waals surface area (Å²) < 4.78 is 22.9. The van der Waals surface area contributed by atoms with Crippen LogP contribution in [0.5, 0.6) is 0 Å². The zero-order valence-electron chi connectivity index (χ0n) is 14.2. The third-order valence-corrected chi connectivity index (χ3v) is 4.97. The van der Waals surface area contributed by atoms with Crippen LogP contribution in [-0.4, -0.2) is 72.3 Å². The number of aliphatic hydroxyl groups is 2. The molecule has 0 amide bonds. The van der Waals surface area contributed by atoms with Crippen LogP contribution in [0.25, 0.3) is 0 Å². The number of aliphatic carboxylic acids is 2. The van der Waals surface area contributed by atoms with Crippen molar-refractivity contribution in [3.8, 4) is 0 Å². The molecule has 1 aliphatic rings. The smallest absolute Gasteiger partial charge is 0.335 e. The van der Waals surface area contributed by atoms with Gasteiger partial charge in [0.15, 0.2) is 22.0 Å². The molecule has 0 spiro atoms. The maximum absolute atomic E-state index is 11.5. The van der Waals surface area contributed by atoms with Crippen LogP contribution in [0.4, 0.5) is 0 Å². The van der Waals surface area contributed by atoms with Gasteiger partial charge in [0.25, 0.3) is 0 Å². The Morgan fingerprint density at radius 1 is 1.15 bits per heavy atom. The number of aliphatic hydroxyl groups excluding tert-OH is 2. The van der Waals surface area contributed by atoms with Crippen molar-refractivity contribution in [1.82, 2.24) is 5.32 Å². The molecule has 0 aromatic heterocycles. The number of carbonyl (C=O) groups is 2. The second kappa shape index (κ2) is 9.62. The van der Waals surface area contributed by atoms with Crippen molar-refractivity contribution in [1.29, 1.82) is 0 Å². The molecule has 1 heterocycles. The SMILES string of the molecule is CS(=O)(=O)c1cccc([C@@H]2CCCNC2)c1.O=C(O)[C@H](O)[C@@H](O)C(=O)O. The molecule has 1 aromatic carbocycles. The monoisotopic (exact) mass is 389 g/mol. The molecule has 0 aliphatic carbocycles. The highest BCUT2D eigenvalue weighted by molar-refractivity contribution is 7.90. The lowest BCUT2D eigenvalue weighted by molar-refractivity contribution is -0.165. The van der Waals surface area contributed by atoms with E-state index in [0.29, 0.717) is 10.8 Å². The summed E-state index contributed by atoms with van der Waals surface area (Å²) in [7, 11) is -3.08. The Morgan fingerprint density at radius 2 is 1.73 bits per heavy atom. The van der Waals surface area contributed by atoms with Crippen LogP contribution in [0.3, 0.4) is 0 Å². The van der Waals surface area contributed by atoms with Crippen molar-refractivity contribution in [2.75, 3.05) is 19.3 Å². The third-order valence-electron chi connectivity index (χ3n) is 3.86. The van der Waals surface area contributed by atoms with Crippen molar-refractivity contribution >= 4 is 21.8 Å². The van der Waals surface area contributed by atoms with E-state index < -0.39 is 34.0 Å².